The van der Waals surface area contributed by atoms with Gasteiger partial charge in [-0.3, -0.25) is 19.1 Å². The first kappa shape index (κ1) is 31.2. The normalized spacial score (nSPS) is 15.6. The summed E-state index contributed by atoms with van der Waals surface area (Å²) >= 11 is 5.82. The number of benzene rings is 2. The molecule has 0 radical (unpaired) electrons. The Morgan fingerprint density at radius 3 is 2.50 bits per heavy atom. The number of fused-ring (bicyclic) bond motifs is 1. The molecule has 1 aromatic heterocycles. The molecule has 1 aliphatic heterocycles. The van der Waals surface area contributed by atoms with E-state index < -0.39 is 17.6 Å². The molecule has 2 heterocycles. The number of nitrogens with zero attached hydrogens (tertiary/aromatic N) is 5. The number of nitrogens with two attached hydrogens (primary N) is 1. The summed E-state index contributed by atoms with van der Waals surface area (Å²) in [5, 5.41) is 10.2. The third-order valence-corrected chi connectivity index (χ3v) is 8.50. The molecule has 1 saturated carbocycles. The summed E-state index contributed by atoms with van der Waals surface area (Å²) in [6, 6.07) is 9.26. The number of halogens is 2. The van der Waals surface area contributed by atoms with Crippen molar-refractivity contribution in [3.05, 3.63) is 58.5 Å². The number of rotatable bonds is 10. The predicted octanol–water partition coefficient (Wildman–Crippen LogP) is 2.79. The molecule has 4 N–H and O–H groups in total. The molecule has 5 rings (SSSR count). The van der Waals surface area contributed by atoms with E-state index in [1.807, 2.05) is 0 Å². The van der Waals surface area contributed by atoms with Crippen LogP contribution in [0.15, 0.2) is 36.4 Å². The fraction of sp³-hybridized carbons (Fsp3) is 0.433. The number of urea groups is 1. The molecule has 44 heavy (non-hydrogen) atoms. The highest BCUT2D eigenvalue weighted by Gasteiger charge is 2.34. The minimum atomic E-state index is -0.778. The van der Waals surface area contributed by atoms with Crippen molar-refractivity contribution < 1.29 is 23.6 Å². The third-order valence-electron chi connectivity index (χ3n) is 8.21. The lowest BCUT2D eigenvalue weighted by Gasteiger charge is -2.35. The molecular weight excluding hydrogens is 591 g/mol. The van der Waals surface area contributed by atoms with Crippen molar-refractivity contribution in [3.8, 4) is 0 Å². The molecule has 2 aliphatic rings. The summed E-state index contributed by atoms with van der Waals surface area (Å²) < 4.78 is 15.6. The van der Waals surface area contributed by atoms with Crippen LogP contribution in [0, 0.1) is 5.82 Å². The summed E-state index contributed by atoms with van der Waals surface area (Å²) in [5.41, 5.74) is 6.76. The van der Waals surface area contributed by atoms with E-state index in [0.717, 1.165) is 38.8 Å². The van der Waals surface area contributed by atoms with Gasteiger partial charge in [-0.1, -0.05) is 23.7 Å². The second-order valence-corrected chi connectivity index (χ2v) is 11.8. The number of likely N-dealkylation sites (tertiary alicyclic amines) is 1. The largest absolute Gasteiger partial charge is 0.364 e. The van der Waals surface area contributed by atoms with Crippen LogP contribution >= 0.6 is 11.6 Å². The molecule has 1 aliphatic carbocycles. The monoisotopic (exact) mass is 626 g/mol. The Labute approximate surface area is 259 Å². The Morgan fingerprint density at radius 2 is 1.82 bits per heavy atom. The molecule has 0 bridgehead atoms. The van der Waals surface area contributed by atoms with E-state index in [0.29, 0.717) is 16.6 Å². The average molecular weight is 627 g/mol. The van der Waals surface area contributed by atoms with Crippen LogP contribution in [-0.4, -0.2) is 94.0 Å². The van der Waals surface area contributed by atoms with E-state index in [1.165, 1.54) is 21.7 Å². The SMILES string of the molecule is CN1CCC(N(C)C(=O)Nc2ccc3c(c2)c(C(N)=O)nn3CC(=O)N(CC(=O)NCc2cccc(Cl)c2F)C2CC2)CC1. The first-order chi connectivity index (χ1) is 21.0. The van der Waals surface area contributed by atoms with Gasteiger partial charge in [-0.2, -0.15) is 5.10 Å². The maximum Gasteiger partial charge on any atom is 0.321 e. The van der Waals surface area contributed by atoms with Gasteiger partial charge in [0, 0.05) is 42.3 Å². The van der Waals surface area contributed by atoms with Crippen LogP contribution in [0.3, 0.4) is 0 Å². The summed E-state index contributed by atoms with van der Waals surface area (Å²) in [4.78, 5) is 56.8. The first-order valence-electron chi connectivity index (χ1n) is 14.5. The second kappa shape index (κ2) is 13.2. The molecule has 14 heteroatoms. The summed E-state index contributed by atoms with van der Waals surface area (Å²) in [6.45, 7) is 1.31. The number of carbonyl (C=O) groups excluding carboxylic acids is 4. The fourth-order valence-electron chi connectivity index (χ4n) is 5.43. The van der Waals surface area contributed by atoms with Gasteiger partial charge in [0.05, 0.1) is 17.1 Å². The van der Waals surface area contributed by atoms with Gasteiger partial charge >= 0.3 is 6.03 Å². The highest BCUT2D eigenvalue weighted by atomic mass is 35.5. The Kier molecular flexibility index (Phi) is 9.35. The second-order valence-electron chi connectivity index (χ2n) is 11.4. The van der Waals surface area contributed by atoms with Crippen molar-refractivity contribution in [2.24, 2.45) is 5.73 Å². The molecule has 234 valence electrons. The highest BCUT2D eigenvalue weighted by molar-refractivity contribution is 6.30. The number of hydrogen-bond acceptors (Lipinski definition) is 6. The van der Waals surface area contributed by atoms with Crippen molar-refractivity contribution >= 4 is 51.9 Å². The van der Waals surface area contributed by atoms with Gasteiger partial charge in [-0.25, -0.2) is 9.18 Å². The Bertz CT molecular complexity index is 1580. The minimum Gasteiger partial charge on any atom is -0.364 e. The van der Waals surface area contributed by atoms with Gasteiger partial charge in [-0.05, 0) is 70.1 Å². The van der Waals surface area contributed by atoms with Crippen LogP contribution in [0.25, 0.3) is 10.9 Å². The average Bonchev–Trinajstić information content (AvgIpc) is 3.78. The van der Waals surface area contributed by atoms with Crippen molar-refractivity contribution in [3.63, 3.8) is 0 Å². The summed E-state index contributed by atoms with van der Waals surface area (Å²) in [7, 11) is 3.83. The topological polar surface area (TPSA) is 146 Å². The highest BCUT2D eigenvalue weighted by Crippen LogP contribution is 2.28. The fourth-order valence-corrected chi connectivity index (χ4v) is 5.63. The van der Waals surface area contributed by atoms with E-state index in [9.17, 15) is 23.6 Å². The quantitative estimate of drug-likeness (QED) is 0.316. The van der Waals surface area contributed by atoms with Crippen molar-refractivity contribution in [2.75, 3.05) is 39.0 Å². The van der Waals surface area contributed by atoms with Crippen molar-refractivity contribution in [2.45, 2.75) is 50.9 Å². The van der Waals surface area contributed by atoms with Crippen LogP contribution in [0.5, 0.6) is 0 Å². The number of nitrogens with one attached hydrogen (secondary N) is 2. The smallest absolute Gasteiger partial charge is 0.321 e. The predicted molar refractivity (Wildman–Crippen MR) is 164 cm³/mol. The lowest BCUT2D eigenvalue weighted by molar-refractivity contribution is -0.137. The zero-order valence-electron chi connectivity index (χ0n) is 24.7. The number of aromatic nitrogens is 2. The zero-order valence-corrected chi connectivity index (χ0v) is 25.4. The number of carbonyl (C=O) groups is 4. The molecule has 12 nitrogen and oxygen atoms in total. The number of piperidine rings is 1. The van der Waals surface area contributed by atoms with Gasteiger partial charge in [0.2, 0.25) is 11.8 Å². The summed E-state index contributed by atoms with van der Waals surface area (Å²) in [6.07, 6.45) is 3.27. The molecule has 0 atom stereocenters. The lowest BCUT2D eigenvalue weighted by Crippen LogP contribution is -2.46. The molecule has 2 aromatic carbocycles. The van der Waals surface area contributed by atoms with Crippen LogP contribution in [0.4, 0.5) is 14.9 Å². The molecule has 0 spiro atoms. The van der Waals surface area contributed by atoms with E-state index in [4.69, 9.17) is 17.3 Å². The van der Waals surface area contributed by atoms with Gasteiger partial charge in [0.1, 0.15) is 12.4 Å². The van der Waals surface area contributed by atoms with Crippen LogP contribution < -0.4 is 16.4 Å². The molecule has 3 aromatic rings. The first-order valence-corrected chi connectivity index (χ1v) is 14.9. The maximum atomic E-state index is 14.2. The Balaban J connectivity index is 1.27. The lowest BCUT2D eigenvalue weighted by atomic mass is 10.0. The van der Waals surface area contributed by atoms with E-state index in [1.54, 1.807) is 36.2 Å². The van der Waals surface area contributed by atoms with Gasteiger partial charge in [0.25, 0.3) is 5.91 Å². The number of hydrogen-bond donors (Lipinski definition) is 3. The summed E-state index contributed by atoms with van der Waals surface area (Å²) in [5.74, 6) is -2.19. The number of amides is 5. The van der Waals surface area contributed by atoms with Gasteiger partial charge < -0.3 is 31.1 Å². The van der Waals surface area contributed by atoms with Crippen molar-refractivity contribution in [1.82, 2.24) is 29.8 Å². The zero-order chi connectivity index (χ0) is 31.5. The van der Waals surface area contributed by atoms with Crippen LogP contribution in [0.2, 0.25) is 5.02 Å². The third kappa shape index (κ3) is 7.11. The molecule has 0 unspecified atom stereocenters. The maximum absolute atomic E-state index is 14.2. The van der Waals surface area contributed by atoms with Crippen LogP contribution in [-0.2, 0) is 22.7 Å². The Morgan fingerprint density at radius 1 is 1.09 bits per heavy atom. The standard InChI is InChI=1S/C30H36ClFN8O4/c1-37-12-10-20(11-13-37)38(2)30(44)35-19-6-9-24-22(14-19)28(29(33)43)36-40(24)17-26(42)39(21-7-8-21)16-25(41)34-15-18-4-3-5-23(31)27(18)32/h3-6,9,14,20-21H,7-8,10-13,15-17H2,1-2H3,(H2,33,43)(H,34,41)(H,35,44). The van der Waals surface area contributed by atoms with Crippen molar-refractivity contribution in [1.29, 1.82) is 0 Å². The molecular formula is C30H36ClFN8O4. The Hall–Kier alpha value is -4.23. The number of anilines is 1. The van der Waals surface area contributed by atoms with E-state index in [-0.39, 0.29) is 59.9 Å². The molecule has 2 fully saturated rings. The van der Waals surface area contributed by atoms with Crippen LogP contribution in [0.1, 0.15) is 41.7 Å². The van der Waals surface area contributed by atoms with E-state index in [2.05, 4.69) is 27.7 Å². The van der Waals surface area contributed by atoms with Gasteiger partial charge in [-0.15, -0.1) is 0 Å². The molecule has 5 amide bonds. The van der Waals surface area contributed by atoms with Gasteiger partial charge in [0.15, 0.2) is 5.69 Å². The minimum absolute atomic E-state index is 0.0353. The van der Waals surface area contributed by atoms with E-state index >= 15 is 0 Å². The number of primary amides is 1. The molecule has 1 saturated heterocycles.